The molecule has 2 aromatic rings. The number of carbonyl (C=O) groups is 2. The molecular formula is C17H22N4O3S. The van der Waals surface area contributed by atoms with Crippen molar-refractivity contribution in [3.63, 3.8) is 0 Å². The van der Waals surface area contributed by atoms with Gasteiger partial charge in [-0.05, 0) is 17.4 Å². The molecule has 0 radical (unpaired) electrons. The molecule has 3 heterocycles. The third-order valence-corrected chi connectivity index (χ3v) is 5.28. The van der Waals surface area contributed by atoms with Crippen molar-refractivity contribution in [2.24, 2.45) is 0 Å². The topological polar surface area (TPSA) is 98.3 Å². The van der Waals surface area contributed by atoms with Gasteiger partial charge in [0.1, 0.15) is 4.88 Å². The van der Waals surface area contributed by atoms with Crippen LogP contribution in [0.25, 0.3) is 0 Å². The Bertz CT molecular complexity index is 781. The molecule has 8 heteroatoms. The first-order valence-corrected chi connectivity index (χ1v) is 9.22. The van der Waals surface area contributed by atoms with Gasteiger partial charge in [-0.3, -0.25) is 14.8 Å². The summed E-state index contributed by atoms with van der Waals surface area (Å²) in [5, 5.41) is 21.0. The number of carboxylic acids is 1. The van der Waals surface area contributed by atoms with Gasteiger partial charge in [-0.25, -0.2) is 4.79 Å². The Balaban J connectivity index is 1.55. The minimum absolute atomic E-state index is 0.163. The molecule has 0 aromatic carbocycles. The van der Waals surface area contributed by atoms with Crippen LogP contribution >= 0.6 is 11.3 Å². The lowest BCUT2D eigenvalue weighted by molar-refractivity contribution is -0.116. The number of aromatic nitrogens is 2. The summed E-state index contributed by atoms with van der Waals surface area (Å²) in [7, 11) is 0. The number of nitrogens with zero attached hydrogens (tertiary/aromatic N) is 2. The molecule has 0 atom stereocenters. The molecule has 0 aliphatic carbocycles. The molecule has 2 aromatic heterocycles. The SMILES string of the molecule is CC(C)c1n[nH]c2c1CN(CCC(=O)Nc1ccsc1C(=O)O)CC2. The fraction of sp³-hybridized carbons (Fsp3) is 0.471. The smallest absolute Gasteiger partial charge is 0.348 e. The highest BCUT2D eigenvalue weighted by Crippen LogP contribution is 2.26. The van der Waals surface area contributed by atoms with Gasteiger partial charge in [0.2, 0.25) is 5.91 Å². The van der Waals surface area contributed by atoms with E-state index >= 15 is 0 Å². The molecule has 134 valence electrons. The van der Waals surface area contributed by atoms with Crippen LogP contribution in [0.4, 0.5) is 5.69 Å². The van der Waals surface area contributed by atoms with E-state index in [0.717, 1.165) is 36.5 Å². The summed E-state index contributed by atoms with van der Waals surface area (Å²) < 4.78 is 0. The second-order valence-corrected chi connectivity index (χ2v) is 7.43. The number of nitrogens with one attached hydrogen (secondary N) is 2. The second-order valence-electron chi connectivity index (χ2n) is 6.51. The first-order valence-electron chi connectivity index (χ1n) is 8.34. The molecule has 0 saturated carbocycles. The number of carbonyl (C=O) groups excluding carboxylic acids is 1. The summed E-state index contributed by atoms with van der Waals surface area (Å²) in [6.45, 7) is 6.58. The van der Waals surface area contributed by atoms with Crippen molar-refractivity contribution in [1.29, 1.82) is 0 Å². The molecule has 7 nitrogen and oxygen atoms in total. The normalized spacial score (nSPS) is 14.5. The average molecular weight is 362 g/mol. The third kappa shape index (κ3) is 3.91. The number of amides is 1. The highest BCUT2D eigenvalue weighted by atomic mass is 32.1. The molecule has 0 saturated heterocycles. The summed E-state index contributed by atoms with van der Waals surface area (Å²) in [5.41, 5.74) is 3.94. The first kappa shape index (κ1) is 17.6. The minimum atomic E-state index is -1.02. The number of aromatic carboxylic acids is 1. The molecule has 0 unspecified atom stereocenters. The predicted octanol–water partition coefficient (Wildman–Crippen LogP) is 2.68. The Labute approximate surface area is 150 Å². The van der Waals surface area contributed by atoms with Crippen LogP contribution in [0, 0.1) is 0 Å². The number of anilines is 1. The van der Waals surface area contributed by atoms with E-state index < -0.39 is 5.97 Å². The molecule has 0 bridgehead atoms. The van der Waals surface area contributed by atoms with Gasteiger partial charge in [-0.1, -0.05) is 13.8 Å². The van der Waals surface area contributed by atoms with Crippen molar-refractivity contribution < 1.29 is 14.7 Å². The molecule has 3 rings (SSSR count). The zero-order valence-electron chi connectivity index (χ0n) is 14.3. The quantitative estimate of drug-likeness (QED) is 0.734. The third-order valence-electron chi connectivity index (χ3n) is 4.38. The van der Waals surface area contributed by atoms with E-state index in [9.17, 15) is 9.59 Å². The second kappa shape index (κ2) is 7.37. The van der Waals surface area contributed by atoms with Crippen molar-refractivity contribution in [1.82, 2.24) is 15.1 Å². The minimum Gasteiger partial charge on any atom is -0.477 e. The molecule has 3 N–H and O–H groups in total. The van der Waals surface area contributed by atoms with Crippen molar-refractivity contribution in [3.05, 3.63) is 33.3 Å². The van der Waals surface area contributed by atoms with Gasteiger partial charge >= 0.3 is 5.97 Å². The Morgan fingerprint density at radius 2 is 2.28 bits per heavy atom. The highest BCUT2D eigenvalue weighted by Gasteiger charge is 2.23. The standard InChI is InChI=1S/C17H22N4O3S/c1-10(2)15-11-9-21(6-3-12(11)19-20-15)7-4-14(22)18-13-5-8-25-16(13)17(23)24/h5,8,10H,3-4,6-7,9H2,1-2H3,(H,18,22)(H,19,20)(H,23,24). The number of aromatic amines is 1. The molecule has 1 aliphatic rings. The Morgan fingerprint density at radius 3 is 3.00 bits per heavy atom. The van der Waals surface area contributed by atoms with E-state index in [2.05, 4.69) is 34.3 Å². The lowest BCUT2D eigenvalue weighted by atomic mass is 9.99. The fourth-order valence-corrected chi connectivity index (χ4v) is 3.77. The van der Waals surface area contributed by atoms with Crippen molar-refractivity contribution in [2.45, 2.75) is 39.2 Å². The van der Waals surface area contributed by atoms with Crippen LogP contribution in [0.15, 0.2) is 11.4 Å². The fourth-order valence-electron chi connectivity index (χ4n) is 3.09. The van der Waals surface area contributed by atoms with E-state index in [0.29, 0.717) is 24.6 Å². The Kier molecular flexibility index (Phi) is 5.19. The predicted molar refractivity (Wildman–Crippen MR) is 96.2 cm³/mol. The van der Waals surface area contributed by atoms with Gasteiger partial charge in [-0.2, -0.15) is 5.10 Å². The molecule has 0 fully saturated rings. The maximum absolute atomic E-state index is 12.2. The summed E-state index contributed by atoms with van der Waals surface area (Å²) in [6, 6.07) is 1.62. The summed E-state index contributed by atoms with van der Waals surface area (Å²) in [6.07, 6.45) is 1.24. The lowest BCUT2D eigenvalue weighted by Gasteiger charge is -2.27. The van der Waals surface area contributed by atoms with E-state index in [4.69, 9.17) is 5.11 Å². The lowest BCUT2D eigenvalue weighted by Crippen LogP contribution is -2.33. The van der Waals surface area contributed by atoms with Crippen molar-refractivity contribution in [3.8, 4) is 0 Å². The highest BCUT2D eigenvalue weighted by molar-refractivity contribution is 7.12. The van der Waals surface area contributed by atoms with Crippen LogP contribution in [-0.4, -0.2) is 45.2 Å². The Hall–Kier alpha value is -2.19. The average Bonchev–Trinajstić information content (AvgIpc) is 3.18. The van der Waals surface area contributed by atoms with Gasteiger partial charge in [0.25, 0.3) is 0 Å². The summed E-state index contributed by atoms with van der Waals surface area (Å²) >= 11 is 1.11. The maximum Gasteiger partial charge on any atom is 0.348 e. The maximum atomic E-state index is 12.2. The van der Waals surface area contributed by atoms with Gasteiger partial charge in [0.05, 0.1) is 11.4 Å². The molecular weight excluding hydrogens is 340 g/mol. The summed E-state index contributed by atoms with van der Waals surface area (Å²) in [4.78, 5) is 25.7. The van der Waals surface area contributed by atoms with Gasteiger partial charge in [-0.15, -0.1) is 11.3 Å². The van der Waals surface area contributed by atoms with Crippen LogP contribution in [-0.2, 0) is 17.8 Å². The number of hydrogen-bond donors (Lipinski definition) is 3. The molecule has 25 heavy (non-hydrogen) atoms. The molecule has 0 spiro atoms. The number of H-pyrrole nitrogens is 1. The number of hydrogen-bond acceptors (Lipinski definition) is 5. The number of carboxylic acid groups (broad SMARTS) is 1. The van der Waals surface area contributed by atoms with Crippen LogP contribution in [0.1, 0.15) is 52.8 Å². The van der Waals surface area contributed by atoms with Crippen LogP contribution in [0.3, 0.4) is 0 Å². The zero-order valence-corrected chi connectivity index (χ0v) is 15.2. The van der Waals surface area contributed by atoms with Crippen LogP contribution in [0.2, 0.25) is 0 Å². The molecule has 1 amide bonds. The first-order chi connectivity index (χ1) is 12.0. The number of rotatable bonds is 6. The zero-order chi connectivity index (χ0) is 18.0. The van der Waals surface area contributed by atoms with E-state index in [1.165, 1.54) is 11.3 Å². The van der Waals surface area contributed by atoms with E-state index in [1.54, 1.807) is 11.4 Å². The monoisotopic (exact) mass is 362 g/mol. The van der Waals surface area contributed by atoms with Gasteiger partial charge in [0.15, 0.2) is 0 Å². The summed E-state index contributed by atoms with van der Waals surface area (Å²) in [5.74, 6) is -0.811. The largest absolute Gasteiger partial charge is 0.477 e. The number of thiophene rings is 1. The van der Waals surface area contributed by atoms with E-state index in [1.807, 2.05) is 0 Å². The molecule has 1 aliphatic heterocycles. The van der Waals surface area contributed by atoms with Gasteiger partial charge in [0, 0.05) is 43.7 Å². The van der Waals surface area contributed by atoms with Gasteiger partial charge < -0.3 is 10.4 Å². The van der Waals surface area contributed by atoms with Crippen LogP contribution < -0.4 is 5.32 Å². The number of fused-ring (bicyclic) bond motifs is 1. The Morgan fingerprint density at radius 1 is 1.48 bits per heavy atom. The van der Waals surface area contributed by atoms with Crippen molar-refractivity contribution in [2.75, 3.05) is 18.4 Å². The van der Waals surface area contributed by atoms with E-state index in [-0.39, 0.29) is 10.8 Å². The van der Waals surface area contributed by atoms with Crippen molar-refractivity contribution >= 4 is 28.9 Å². The van der Waals surface area contributed by atoms with Crippen LogP contribution in [0.5, 0.6) is 0 Å².